The van der Waals surface area contributed by atoms with E-state index in [0.717, 1.165) is 18.7 Å². The molecule has 31 heavy (non-hydrogen) atoms. The Morgan fingerprint density at radius 2 is 1.74 bits per heavy atom. The molecule has 9 heteroatoms. The molecule has 2 aromatic carbocycles. The minimum atomic E-state index is -4.61. The van der Waals surface area contributed by atoms with Crippen LogP contribution in [0.1, 0.15) is 35.7 Å². The maximum atomic E-state index is 13.1. The van der Waals surface area contributed by atoms with Crippen LogP contribution in [0.4, 0.5) is 24.5 Å². The lowest BCUT2D eigenvalue weighted by atomic mass is 10.1. The lowest BCUT2D eigenvalue weighted by Gasteiger charge is -2.13. The van der Waals surface area contributed by atoms with Gasteiger partial charge in [0.2, 0.25) is 0 Å². The molecule has 162 valence electrons. The molecule has 0 fully saturated rings. The monoisotopic (exact) mass is 431 g/mol. The molecule has 0 heterocycles. The lowest BCUT2D eigenvalue weighted by Crippen LogP contribution is -2.18. The van der Waals surface area contributed by atoms with Crippen molar-refractivity contribution in [3.05, 3.63) is 71.4 Å². The van der Waals surface area contributed by atoms with Gasteiger partial charge in [-0.1, -0.05) is 37.6 Å². The SMILES string of the molecule is CCCCOC(=O)c1ccccc1NC(=O)/C(C#N)=C\Nc1ccccc1C(F)(F)F. The van der Waals surface area contributed by atoms with Crippen molar-refractivity contribution in [2.45, 2.75) is 25.9 Å². The number of esters is 1. The molecule has 0 radical (unpaired) electrons. The van der Waals surface area contributed by atoms with Gasteiger partial charge in [-0.2, -0.15) is 18.4 Å². The third-order valence-electron chi connectivity index (χ3n) is 4.10. The summed E-state index contributed by atoms with van der Waals surface area (Å²) in [4.78, 5) is 24.7. The highest BCUT2D eigenvalue weighted by molar-refractivity contribution is 6.09. The molecule has 2 aromatic rings. The van der Waals surface area contributed by atoms with E-state index >= 15 is 0 Å². The van der Waals surface area contributed by atoms with Gasteiger partial charge in [0.05, 0.1) is 29.1 Å². The van der Waals surface area contributed by atoms with Crippen LogP contribution < -0.4 is 10.6 Å². The fraction of sp³-hybridized carbons (Fsp3) is 0.227. The van der Waals surface area contributed by atoms with Crippen molar-refractivity contribution in [1.82, 2.24) is 0 Å². The second-order valence-corrected chi connectivity index (χ2v) is 6.35. The topological polar surface area (TPSA) is 91.2 Å². The molecule has 0 spiro atoms. The second kappa shape index (κ2) is 10.8. The number of hydrogen-bond donors (Lipinski definition) is 2. The van der Waals surface area contributed by atoms with Gasteiger partial charge in [0, 0.05) is 6.20 Å². The van der Waals surface area contributed by atoms with E-state index in [1.807, 2.05) is 6.92 Å². The molecule has 0 aliphatic rings. The van der Waals surface area contributed by atoms with Crippen LogP contribution in [0.2, 0.25) is 0 Å². The summed E-state index contributed by atoms with van der Waals surface area (Å²) in [5, 5.41) is 14.0. The van der Waals surface area contributed by atoms with Crippen LogP contribution in [-0.4, -0.2) is 18.5 Å². The number of benzene rings is 2. The van der Waals surface area contributed by atoms with Crippen LogP contribution in [-0.2, 0) is 15.7 Å². The van der Waals surface area contributed by atoms with Gasteiger partial charge in [-0.25, -0.2) is 4.79 Å². The molecule has 0 aliphatic heterocycles. The number of nitriles is 1. The number of nitrogens with zero attached hydrogens (tertiary/aromatic N) is 1. The Balaban J connectivity index is 2.18. The summed E-state index contributed by atoms with van der Waals surface area (Å²) in [7, 11) is 0. The zero-order valence-electron chi connectivity index (χ0n) is 16.6. The third-order valence-corrected chi connectivity index (χ3v) is 4.10. The summed E-state index contributed by atoms with van der Waals surface area (Å²) in [6.07, 6.45) is -2.20. The van der Waals surface area contributed by atoms with Crippen molar-refractivity contribution < 1.29 is 27.5 Å². The summed E-state index contributed by atoms with van der Waals surface area (Å²) in [6, 6.07) is 12.4. The smallest absolute Gasteiger partial charge is 0.418 e. The average molecular weight is 431 g/mol. The Morgan fingerprint density at radius 3 is 2.39 bits per heavy atom. The molecular formula is C22H20F3N3O3. The van der Waals surface area contributed by atoms with Gasteiger partial charge in [-0.05, 0) is 30.7 Å². The number of carbonyl (C=O) groups excluding carboxylic acids is 2. The molecule has 0 saturated heterocycles. The van der Waals surface area contributed by atoms with Gasteiger partial charge in [-0.3, -0.25) is 4.79 Å². The standard InChI is InChI=1S/C22H20F3N3O3/c1-2-3-12-31-21(30)16-8-4-6-10-18(16)28-20(29)15(13-26)14-27-19-11-7-5-9-17(19)22(23,24)25/h4-11,14,27H,2-3,12H2,1H3,(H,28,29)/b15-14-. The largest absolute Gasteiger partial charge is 0.462 e. The van der Waals surface area contributed by atoms with Crippen LogP contribution in [0.15, 0.2) is 60.3 Å². The maximum absolute atomic E-state index is 13.1. The Kier molecular flexibility index (Phi) is 8.20. The predicted octanol–water partition coefficient (Wildman–Crippen LogP) is 5.12. The second-order valence-electron chi connectivity index (χ2n) is 6.35. The predicted molar refractivity (Wildman–Crippen MR) is 109 cm³/mol. The van der Waals surface area contributed by atoms with Crippen molar-refractivity contribution in [2.24, 2.45) is 0 Å². The van der Waals surface area contributed by atoms with Gasteiger partial charge in [-0.15, -0.1) is 0 Å². The van der Waals surface area contributed by atoms with Crippen LogP contribution in [0.5, 0.6) is 0 Å². The molecule has 2 N–H and O–H groups in total. The Morgan fingerprint density at radius 1 is 1.10 bits per heavy atom. The Hall–Kier alpha value is -3.80. The first-order valence-corrected chi connectivity index (χ1v) is 9.38. The fourth-order valence-electron chi connectivity index (χ4n) is 2.50. The van der Waals surface area contributed by atoms with Crippen molar-refractivity contribution >= 4 is 23.3 Å². The maximum Gasteiger partial charge on any atom is 0.418 e. The average Bonchev–Trinajstić information content (AvgIpc) is 2.74. The highest BCUT2D eigenvalue weighted by Gasteiger charge is 2.33. The number of alkyl halides is 3. The summed E-state index contributed by atoms with van der Waals surface area (Å²) in [6.45, 7) is 2.17. The van der Waals surface area contributed by atoms with E-state index < -0.39 is 29.2 Å². The molecule has 0 bridgehead atoms. The number of nitrogens with one attached hydrogen (secondary N) is 2. The first kappa shape index (κ1) is 23.5. The van der Waals surface area contributed by atoms with E-state index in [-0.39, 0.29) is 23.5 Å². The summed E-state index contributed by atoms with van der Waals surface area (Å²) in [5.41, 5.74) is -1.52. The molecule has 0 unspecified atom stereocenters. The molecule has 0 saturated carbocycles. The number of carbonyl (C=O) groups is 2. The van der Waals surface area contributed by atoms with Gasteiger partial charge >= 0.3 is 12.1 Å². The first-order chi connectivity index (χ1) is 14.8. The molecule has 1 amide bonds. The zero-order valence-corrected chi connectivity index (χ0v) is 16.6. The summed E-state index contributed by atoms with van der Waals surface area (Å²) < 4.78 is 44.4. The number of ether oxygens (including phenoxy) is 1. The van der Waals surface area contributed by atoms with E-state index in [0.29, 0.717) is 6.42 Å². The number of unbranched alkanes of at least 4 members (excludes halogenated alkanes) is 1. The van der Waals surface area contributed by atoms with Crippen molar-refractivity contribution in [2.75, 3.05) is 17.2 Å². The molecule has 2 rings (SSSR count). The Bertz CT molecular complexity index is 1010. The molecule has 0 aromatic heterocycles. The van der Waals surface area contributed by atoms with Gasteiger partial charge < -0.3 is 15.4 Å². The van der Waals surface area contributed by atoms with Gasteiger partial charge in [0.25, 0.3) is 5.91 Å². The zero-order chi connectivity index (χ0) is 22.9. The first-order valence-electron chi connectivity index (χ1n) is 9.38. The van der Waals surface area contributed by atoms with Crippen molar-refractivity contribution in [3.63, 3.8) is 0 Å². The van der Waals surface area contributed by atoms with E-state index in [9.17, 15) is 28.0 Å². The van der Waals surface area contributed by atoms with E-state index in [1.165, 1.54) is 30.3 Å². The van der Waals surface area contributed by atoms with Gasteiger partial charge in [0.15, 0.2) is 0 Å². The Labute approximate surface area is 177 Å². The van der Waals surface area contributed by atoms with Crippen molar-refractivity contribution in [1.29, 1.82) is 5.26 Å². The number of rotatable bonds is 8. The highest BCUT2D eigenvalue weighted by atomic mass is 19.4. The quantitative estimate of drug-likeness (QED) is 0.262. The van der Waals surface area contributed by atoms with E-state index in [1.54, 1.807) is 18.2 Å². The number of amides is 1. The number of para-hydroxylation sites is 2. The van der Waals surface area contributed by atoms with Crippen LogP contribution >= 0.6 is 0 Å². The molecule has 0 aliphatic carbocycles. The highest BCUT2D eigenvalue weighted by Crippen LogP contribution is 2.34. The number of anilines is 2. The van der Waals surface area contributed by atoms with Crippen molar-refractivity contribution in [3.8, 4) is 6.07 Å². The minimum absolute atomic E-state index is 0.0969. The van der Waals surface area contributed by atoms with Gasteiger partial charge in [0.1, 0.15) is 11.6 Å². The van der Waals surface area contributed by atoms with E-state index in [2.05, 4.69) is 10.6 Å². The lowest BCUT2D eigenvalue weighted by molar-refractivity contribution is -0.136. The fourth-order valence-corrected chi connectivity index (χ4v) is 2.50. The van der Waals surface area contributed by atoms with Crippen LogP contribution in [0.3, 0.4) is 0 Å². The third kappa shape index (κ3) is 6.60. The van der Waals surface area contributed by atoms with Crippen LogP contribution in [0, 0.1) is 11.3 Å². The molecular weight excluding hydrogens is 411 g/mol. The van der Waals surface area contributed by atoms with E-state index in [4.69, 9.17) is 4.74 Å². The summed E-state index contributed by atoms with van der Waals surface area (Å²) in [5.74, 6) is -1.53. The summed E-state index contributed by atoms with van der Waals surface area (Å²) >= 11 is 0. The minimum Gasteiger partial charge on any atom is -0.462 e. The normalized spacial score (nSPS) is 11.4. The number of halogens is 3. The molecule has 0 atom stereocenters. The molecule has 6 nitrogen and oxygen atoms in total. The number of hydrogen-bond acceptors (Lipinski definition) is 5. The van der Waals surface area contributed by atoms with Crippen LogP contribution in [0.25, 0.3) is 0 Å².